The van der Waals surface area contributed by atoms with Gasteiger partial charge >= 0.3 is 0 Å². The zero-order valence-electron chi connectivity index (χ0n) is 11.6. The molecule has 108 valence electrons. The highest BCUT2D eigenvalue weighted by Gasteiger charge is 2.21. The van der Waals surface area contributed by atoms with Gasteiger partial charge in [-0.05, 0) is 65.5 Å². The van der Waals surface area contributed by atoms with Gasteiger partial charge in [-0.1, -0.05) is 6.07 Å². The van der Waals surface area contributed by atoms with Crippen molar-refractivity contribution in [1.29, 1.82) is 0 Å². The van der Waals surface area contributed by atoms with Gasteiger partial charge in [-0.25, -0.2) is 0 Å². The molecule has 1 fully saturated rings. The lowest BCUT2D eigenvalue weighted by molar-refractivity contribution is 0.102. The van der Waals surface area contributed by atoms with Crippen LogP contribution in [0.15, 0.2) is 34.8 Å². The van der Waals surface area contributed by atoms with Crippen LogP contribution in [-0.2, 0) is 0 Å². The molecule has 5 nitrogen and oxygen atoms in total. The molecule has 2 aromatic rings. The molecule has 1 heterocycles. The number of halogens is 1. The van der Waals surface area contributed by atoms with E-state index in [9.17, 15) is 4.79 Å². The Labute approximate surface area is 131 Å². The van der Waals surface area contributed by atoms with Gasteiger partial charge in [0.1, 0.15) is 5.82 Å². The molecule has 0 radical (unpaired) electrons. The van der Waals surface area contributed by atoms with Crippen LogP contribution in [0, 0.1) is 6.92 Å². The molecule has 0 bridgehead atoms. The summed E-state index contributed by atoms with van der Waals surface area (Å²) >= 11 is 3.43. The fourth-order valence-electron chi connectivity index (χ4n) is 1.88. The second kappa shape index (κ2) is 5.81. The molecule has 2 N–H and O–H groups in total. The van der Waals surface area contributed by atoms with Crippen molar-refractivity contribution in [3.8, 4) is 0 Å². The third kappa shape index (κ3) is 3.58. The minimum atomic E-state index is -0.273. The van der Waals surface area contributed by atoms with E-state index in [0.29, 0.717) is 23.2 Å². The van der Waals surface area contributed by atoms with Gasteiger partial charge in [0.2, 0.25) is 0 Å². The topological polar surface area (TPSA) is 66.9 Å². The normalized spacial score (nSPS) is 13.8. The molecule has 1 amide bonds. The number of carbonyl (C=O) groups is 1. The van der Waals surface area contributed by atoms with Crippen LogP contribution < -0.4 is 10.6 Å². The van der Waals surface area contributed by atoms with E-state index in [2.05, 4.69) is 36.8 Å². The van der Waals surface area contributed by atoms with Gasteiger partial charge in [-0.3, -0.25) is 4.79 Å². The van der Waals surface area contributed by atoms with Crippen LogP contribution in [0.3, 0.4) is 0 Å². The fraction of sp³-hybridized carbons (Fsp3) is 0.267. The number of hydrogen-bond acceptors (Lipinski definition) is 4. The highest BCUT2D eigenvalue weighted by atomic mass is 79.9. The van der Waals surface area contributed by atoms with Gasteiger partial charge in [0.25, 0.3) is 5.91 Å². The number of aromatic nitrogens is 2. The first-order valence-electron chi connectivity index (χ1n) is 6.79. The van der Waals surface area contributed by atoms with Crippen molar-refractivity contribution >= 4 is 33.3 Å². The van der Waals surface area contributed by atoms with Crippen LogP contribution in [0.5, 0.6) is 0 Å². The Hall–Kier alpha value is -1.95. The van der Waals surface area contributed by atoms with Crippen LogP contribution in [0.1, 0.15) is 28.9 Å². The number of anilines is 2. The van der Waals surface area contributed by atoms with E-state index in [1.54, 1.807) is 12.1 Å². The average Bonchev–Trinajstić information content (AvgIpc) is 3.26. The summed E-state index contributed by atoms with van der Waals surface area (Å²) in [4.78, 5) is 12.1. The molecule has 0 saturated heterocycles. The number of nitrogens with zero attached hydrogens (tertiary/aromatic N) is 2. The Morgan fingerprint density at radius 1 is 1.24 bits per heavy atom. The first-order chi connectivity index (χ1) is 10.1. The number of nitrogens with one attached hydrogen (secondary N) is 2. The summed E-state index contributed by atoms with van der Waals surface area (Å²) in [6.07, 6.45) is 2.34. The maximum atomic E-state index is 12.1. The van der Waals surface area contributed by atoms with Crippen molar-refractivity contribution in [2.24, 2.45) is 0 Å². The fourth-order valence-corrected chi connectivity index (χ4v) is 2.47. The molecule has 1 aliphatic carbocycles. The number of amides is 1. The molecule has 0 aliphatic heterocycles. The van der Waals surface area contributed by atoms with E-state index in [0.717, 1.165) is 10.0 Å². The maximum absolute atomic E-state index is 12.1. The number of aryl methyl sites for hydroxylation is 1. The monoisotopic (exact) mass is 346 g/mol. The van der Waals surface area contributed by atoms with E-state index < -0.39 is 0 Å². The summed E-state index contributed by atoms with van der Waals surface area (Å²) < 4.78 is 0.843. The van der Waals surface area contributed by atoms with Crippen LogP contribution in [-0.4, -0.2) is 22.1 Å². The predicted molar refractivity (Wildman–Crippen MR) is 85.5 cm³/mol. The Morgan fingerprint density at radius 2 is 2.05 bits per heavy atom. The molecule has 1 aromatic heterocycles. The molecule has 1 saturated carbocycles. The Bertz CT molecular complexity index is 668. The molecule has 3 rings (SSSR count). The molecule has 1 aromatic carbocycles. The summed E-state index contributed by atoms with van der Waals surface area (Å²) in [5, 5.41) is 14.0. The largest absolute Gasteiger partial charge is 0.366 e. The Morgan fingerprint density at radius 3 is 2.67 bits per heavy atom. The highest BCUT2D eigenvalue weighted by Crippen LogP contribution is 2.24. The minimum absolute atomic E-state index is 0.273. The number of hydrogen-bond donors (Lipinski definition) is 2. The zero-order valence-corrected chi connectivity index (χ0v) is 13.1. The lowest BCUT2D eigenvalue weighted by Crippen LogP contribution is -2.15. The van der Waals surface area contributed by atoms with Crippen LogP contribution in [0.25, 0.3) is 0 Å². The zero-order chi connectivity index (χ0) is 14.8. The Balaban J connectivity index is 1.69. The summed E-state index contributed by atoms with van der Waals surface area (Å²) in [6.45, 7) is 1.99. The standard InChI is InChI=1S/C15H15BrN4O/c1-9-2-5-12(11(16)8-9)18-15(21)13-6-7-14(20-19-13)17-10-3-4-10/h2,5-8,10H,3-4H2,1H3,(H,17,20)(H,18,21). The SMILES string of the molecule is Cc1ccc(NC(=O)c2ccc(NC3CC3)nn2)c(Br)c1. The van der Waals surface area contributed by atoms with E-state index in [4.69, 9.17) is 0 Å². The molecule has 1 aliphatic rings. The third-order valence-corrected chi connectivity index (χ3v) is 3.86. The smallest absolute Gasteiger partial charge is 0.276 e. The van der Waals surface area contributed by atoms with Gasteiger partial charge in [0, 0.05) is 10.5 Å². The first kappa shape index (κ1) is 14.0. The summed E-state index contributed by atoms with van der Waals surface area (Å²) in [6, 6.07) is 9.72. The van der Waals surface area contributed by atoms with E-state index in [1.807, 2.05) is 25.1 Å². The van der Waals surface area contributed by atoms with Crippen molar-refractivity contribution in [2.45, 2.75) is 25.8 Å². The lowest BCUT2D eigenvalue weighted by atomic mass is 10.2. The summed E-state index contributed by atoms with van der Waals surface area (Å²) in [7, 11) is 0. The quantitative estimate of drug-likeness (QED) is 0.890. The number of carbonyl (C=O) groups excluding carboxylic acids is 1. The van der Waals surface area contributed by atoms with E-state index in [1.165, 1.54) is 12.8 Å². The minimum Gasteiger partial charge on any atom is -0.366 e. The van der Waals surface area contributed by atoms with Crippen LogP contribution >= 0.6 is 15.9 Å². The van der Waals surface area contributed by atoms with Crippen LogP contribution in [0.2, 0.25) is 0 Å². The third-order valence-electron chi connectivity index (χ3n) is 3.20. The molecule has 0 atom stereocenters. The first-order valence-corrected chi connectivity index (χ1v) is 7.59. The van der Waals surface area contributed by atoms with Gasteiger partial charge in [0.15, 0.2) is 5.69 Å². The molecular weight excluding hydrogens is 332 g/mol. The number of benzene rings is 1. The molecule has 21 heavy (non-hydrogen) atoms. The van der Waals surface area contributed by atoms with Gasteiger partial charge < -0.3 is 10.6 Å². The Kier molecular flexibility index (Phi) is 3.88. The number of rotatable bonds is 4. The summed E-state index contributed by atoms with van der Waals surface area (Å²) in [5.74, 6) is 0.440. The van der Waals surface area contributed by atoms with Crippen molar-refractivity contribution in [3.63, 3.8) is 0 Å². The van der Waals surface area contributed by atoms with Gasteiger partial charge in [-0.15, -0.1) is 10.2 Å². The van der Waals surface area contributed by atoms with Crippen LogP contribution in [0.4, 0.5) is 11.5 Å². The molecular formula is C15H15BrN4O. The van der Waals surface area contributed by atoms with Crippen molar-refractivity contribution in [2.75, 3.05) is 10.6 Å². The predicted octanol–water partition coefficient (Wildman–Crippen LogP) is 3.37. The molecule has 0 unspecified atom stereocenters. The molecule has 6 heteroatoms. The van der Waals surface area contributed by atoms with Crippen molar-refractivity contribution < 1.29 is 4.79 Å². The van der Waals surface area contributed by atoms with Gasteiger partial charge in [0.05, 0.1) is 5.69 Å². The second-order valence-corrected chi connectivity index (χ2v) is 6.01. The molecule has 0 spiro atoms. The average molecular weight is 347 g/mol. The van der Waals surface area contributed by atoms with E-state index >= 15 is 0 Å². The lowest BCUT2D eigenvalue weighted by Gasteiger charge is -2.08. The van der Waals surface area contributed by atoms with Crippen molar-refractivity contribution in [1.82, 2.24) is 10.2 Å². The van der Waals surface area contributed by atoms with E-state index in [-0.39, 0.29) is 5.91 Å². The second-order valence-electron chi connectivity index (χ2n) is 5.16. The summed E-state index contributed by atoms with van der Waals surface area (Å²) in [5.41, 5.74) is 2.13. The maximum Gasteiger partial charge on any atom is 0.276 e. The van der Waals surface area contributed by atoms with Crippen molar-refractivity contribution in [3.05, 3.63) is 46.1 Å². The highest BCUT2D eigenvalue weighted by molar-refractivity contribution is 9.10. The van der Waals surface area contributed by atoms with Gasteiger partial charge in [-0.2, -0.15) is 0 Å².